The molecule has 1 saturated heterocycles. The minimum absolute atomic E-state index is 0.143. The molecule has 2 heterocycles. The van der Waals surface area contributed by atoms with Crippen LogP contribution in [0.5, 0.6) is 0 Å². The van der Waals surface area contributed by atoms with Crippen LogP contribution in [0.15, 0.2) is 60.9 Å². The molecule has 166 valence electrons. The highest BCUT2D eigenvalue weighted by molar-refractivity contribution is 5.88. The van der Waals surface area contributed by atoms with E-state index in [0.29, 0.717) is 12.3 Å². The summed E-state index contributed by atoms with van der Waals surface area (Å²) in [5.41, 5.74) is 4.88. The van der Waals surface area contributed by atoms with Crippen LogP contribution in [-0.4, -0.2) is 45.8 Å². The van der Waals surface area contributed by atoms with Crippen LogP contribution in [0.25, 0.3) is 11.1 Å². The summed E-state index contributed by atoms with van der Waals surface area (Å²) in [6.45, 7) is 5.87. The lowest BCUT2D eigenvalue weighted by Gasteiger charge is -2.31. The highest BCUT2D eigenvalue weighted by Gasteiger charge is 2.40. The molecular weight excluding hydrogens is 398 g/mol. The molecule has 0 saturated carbocycles. The van der Waals surface area contributed by atoms with E-state index in [2.05, 4.69) is 46.4 Å². The van der Waals surface area contributed by atoms with Gasteiger partial charge in [-0.3, -0.25) is 9.89 Å². The van der Waals surface area contributed by atoms with Crippen LogP contribution in [0.1, 0.15) is 37.8 Å². The predicted octanol–water partition coefficient (Wildman–Crippen LogP) is 4.75. The molecule has 0 spiro atoms. The number of nitrogens with zero attached hydrogens (tertiary/aromatic N) is 2. The van der Waals surface area contributed by atoms with Gasteiger partial charge in [-0.05, 0) is 55.9 Å². The third-order valence-electron chi connectivity index (χ3n) is 6.35. The highest BCUT2D eigenvalue weighted by atomic mass is 16.2. The Balaban J connectivity index is 1.36. The molecule has 6 nitrogen and oxygen atoms in total. The van der Waals surface area contributed by atoms with E-state index in [1.54, 1.807) is 6.20 Å². The maximum Gasteiger partial charge on any atom is 0.223 e. The van der Waals surface area contributed by atoms with Gasteiger partial charge in [-0.25, -0.2) is 0 Å². The van der Waals surface area contributed by atoms with Gasteiger partial charge in [-0.1, -0.05) is 36.4 Å². The smallest absolute Gasteiger partial charge is 0.223 e. The zero-order valence-corrected chi connectivity index (χ0v) is 18.8. The number of aromatic nitrogens is 2. The number of rotatable bonds is 8. The van der Waals surface area contributed by atoms with Crippen LogP contribution in [0.2, 0.25) is 0 Å². The van der Waals surface area contributed by atoms with E-state index in [0.717, 1.165) is 48.3 Å². The van der Waals surface area contributed by atoms with Gasteiger partial charge in [-0.2, -0.15) is 5.10 Å². The Labute approximate surface area is 189 Å². The first kappa shape index (κ1) is 21.8. The summed E-state index contributed by atoms with van der Waals surface area (Å²) < 4.78 is 0. The van der Waals surface area contributed by atoms with E-state index in [9.17, 15) is 4.79 Å². The molecule has 1 aliphatic rings. The first-order valence-corrected chi connectivity index (χ1v) is 11.2. The molecule has 4 rings (SSSR count). The van der Waals surface area contributed by atoms with Crippen LogP contribution in [-0.2, 0) is 11.2 Å². The normalized spacial score (nSPS) is 17.3. The summed E-state index contributed by atoms with van der Waals surface area (Å²) in [7, 11) is 0. The quantitative estimate of drug-likeness (QED) is 0.452. The Morgan fingerprint density at radius 3 is 2.78 bits per heavy atom. The van der Waals surface area contributed by atoms with Gasteiger partial charge in [0.25, 0.3) is 0 Å². The average molecular weight is 430 g/mol. The number of hydrogen-bond acceptors (Lipinski definition) is 4. The fraction of sp³-hybridized carbons (Fsp3) is 0.346. The van der Waals surface area contributed by atoms with Crippen LogP contribution < -0.4 is 5.32 Å². The molecule has 32 heavy (non-hydrogen) atoms. The van der Waals surface area contributed by atoms with Crippen molar-refractivity contribution in [2.24, 2.45) is 5.92 Å². The van der Waals surface area contributed by atoms with Crippen molar-refractivity contribution in [1.82, 2.24) is 15.1 Å². The lowest BCUT2D eigenvalue weighted by molar-refractivity contribution is -0.134. The maximum atomic E-state index is 13.0. The fourth-order valence-electron chi connectivity index (χ4n) is 4.68. The molecule has 1 atom stereocenters. The Kier molecular flexibility index (Phi) is 6.40. The van der Waals surface area contributed by atoms with Crippen LogP contribution >= 0.6 is 0 Å². The Morgan fingerprint density at radius 2 is 2.06 bits per heavy atom. The number of anilines is 1. The standard InChI is InChI=1S/C26H31N5O/c1-26(2)13-20(18-31(26)25(32)11-8-19-6-4-3-5-7-19)15-28-24-10-9-21(12-22(24)14-27)23-16-29-30-17-23/h3-7,9-10,12,14,16-17,20,27-28H,8,11,13,15,18H2,1-2H3,(H,29,30). The van der Waals surface area contributed by atoms with Crippen molar-refractivity contribution in [3.8, 4) is 11.1 Å². The molecule has 3 aromatic rings. The van der Waals surface area contributed by atoms with Crippen molar-refractivity contribution in [1.29, 1.82) is 5.41 Å². The van der Waals surface area contributed by atoms with Gasteiger partial charge in [0.1, 0.15) is 0 Å². The number of aromatic amines is 1. The molecular formula is C26H31N5O. The van der Waals surface area contributed by atoms with E-state index < -0.39 is 0 Å². The summed E-state index contributed by atoms with van der Waals surface area (Å²) >= 11 is 0. The number of amides is 1. The third kappa shape index (κ3) is 4.90. The fourth-order valence-corrected chi connectivity index (χ4v) is 4.68. The maximum absolute atomic E-state index is 13.0. The number of carbonyl (C=O) groups is 1. The van der Waals surface area contributed by atoms with Gasteiger partial charge < -0.3 is 15.6 Å². The van der Waals surface area contributed by atoms with Crippen molar-refractivity contribution in [3.63, 3.8) is 0 Å². The Morgan fingerprint density at radius 1 is 1.25 bits per heavy atom. The first-order chi connectivity index (χ1) is 15.5. The Hall–Kier alpha value is -3.41. The van der Waals surface area contributed by atoms with Crippen LogP contribution in [0.3, 0.4) is 0 Å². The molecule has 1 aromatic heterocycles. The molecule has 3 N–H and O–H groups in total. The molecule has 6 heteroatoms. The van der Waals surface area contributed by atoms with E-state index in [-0.39, 0.29) is 11.4 Å². The van der Waals surface area contributed by atoms with Gasteiger partial charge in [0.05, 0.1) is 6.20 Å². The summed E-state index contributed by atoms with van der Waals surface area (Å²) in [5, 5.41) is 18.2. The summed E-state index contributed by atoms with van der Waals surface area (Å²) in [4.78, 5) is 15.0. The number of benzene rings is 2. The second-order valence-corrected chi connectivity index (χ2v) is 9.19. The van der Waals surface area contributed by atoms with Crippen molar-refractivity contribution >= 4 is 17.8 Å². The number of aryl methyl sites for hydroxylation is 1. The zero-order chi connectivity index (χ0) is 22.6. The topological polar surface area (TPSA) is 84.9 Å². The first-order valence-electron chi connectivity index (χ1n) is 11.2. The van der Waals surface area contributed by atoms with Gasteiger partial charge >= 0.3 is 0 Å². The molecule has 0 bridgehead atoms. The number of H-pyrrole nitrogens is 1. The molecule has 1 amide bonds. The lowest BCUT2D eigenvalue weighted by Crippen LogP contribution is -2.42. The zero-order valence-electron chi connectivity index (χ0n) is 18.8. The van der Waals surface area contributed by atoms with Crippen molar-refractivity contribution < 1.29 is 4.79 Å². The van der Waals surface area contributed by atoms with E-state index >= 15 is 0 Å². The number of carbonyl (C=O) groups excluding carboxylic acids is 1. The van der Waals surface area contributed by atoms with E-state index in [1.165, 1.54) is 11.8 Å². The SMILES string of the molecule is CC1(C)CC(CNc2ccc(-c3cn[nH]c3)cc2C=N)CN1C(=O)CCc1ccccc1. The molecule has 0 aliphatic carbocycles. The molecule has 0 radical (unpaired) electrons. The number of hydrogen-bond donors (Lipinski definition) is 3. The minimum atomic E-state index is -0.143. The summed E-state index contributed by atoms with van der Waals surface area (Å²) in [6.07, 6.45) is 7.29. The molecule has 1 unspecified atom stereocenters. The van der Waals surface area contributed by atoms with Gasteiger partial charge in [-0.15, -0.1) is 0 Å². The number of nitrogens with one attached hydrogen (secondary N) is 3. The van der Waals surface area contributed by atoms with Gasteiger partial charge in [0.15, 0.2) is 0 Å². The minimum Gasteiger partial charge on any atom is -0.384 e. The predicted molar refractivity (Wildman–Crippen MR) is 129 cm³/mol. The average Bonchev–Trinajstić information content (AvgIpc) is 3.44. The molecule has 1 fully saturated rings. The Bertz CT molecular complexity index is 1060. The van der Waals surface area contributed by atoms with E-state index in [4.69, 9.17) is 5.41 Å². The monoisotopic (exact) mass is 429 g/mol. The van der Waals surface area contributed by atoms with Crippen LogP contribution in [0.4, 0.5) is 5.69 Å². The van der Waals surface area contributed by atoms with Crippen molar-refractivity contribution in [2.75, 3.05) is 18.4 Å². The molecule has 2 aromatic carbocycles. The lowest BCUT2D eigenvalue weighted by atomic mass is 9.96. The third-order valence-corrected chi connectivity index (χ3v) is 6.35. The second-order valence-electron chi connectivity index (χ2n) is 9.19. The summed E-state index contributed by atoms with van der Waals surface area (Å²) in [5.74, 6) is 0.601. The van der Waals surface area contributed by atoms with Gasteiger partial charge in [0.2, 0.25) is 5.91 Å². The van der Waals surface area contributed by atoms with Crippen LogP contribution in [0, 0.1) is 11.3 Å². The molecule has 1 aliphatic heterocycles. The van der Waals surface area contributed by atoms with Gasteiger partial charge in [0, 0.05) is 54.3 Å². The second kappa shape index (κ2) is 9.39. The van der Waals surface area contributed by atoms with Crippen molar-refractivity contribution in [2.45, 2.75) is 38.6 Å². The largest absolute Gasteiger partial charge is 0.384 e. The number of likely N-dealkylation sites (tertiary alicyclic amines) is 1. The van der Waals surface area contributed by atoms with Crippen molar-refractivity contribution in [3.05, 3.63) is 72.1 Å². The highest BCUT2D eigenvalue weighted by Crippen LogP contribution is 2.34. The summed E-state index contributed by atoms with van der Waals surface area (Å²) in [6, 6.07) is 16.3. The van der Waals surface area contributed by atoms with E-state index in [1.807, 2.05) is 42.6 Å².